The Bertz CT molecular complexity index is 677. The van der Waals surface area contributed by atoms with Gasteiger partial charge in [0, 0.05) is 42.6 Å². The molecule has 1 atom stereocenters. The maximum atomic E-state index is 4.72. The molecule has 0 aliphatic carbocycles. The summed E-state index contributed by atoms with van der Waals surface area (Å²) in [6.07, 6.45) is 2.40. The third-order valence-corrected chi connectivity index (χ3v) is 4.85. The zero-order valence-corrected chi connectivity index (χ0v) is 16.8. The number of benzene rings is 1. The molecule has 1 aromatic heterocycles. The normalized spacial score (nSPS) is 12.6. The van der Waals surface area contributed by atoms with Crippen LogP contribution in [0.2, 0.25) is 0 Å². The quantitative estimate of drug-likeness (QED) is 0.725. The lowest BCUT2D eigenvalue weighted by atomic mass is 10.1. The molecule has 2 rings (SSSR count). The summed E-state index contributed by atoms with van der Waals surface area (Å²) in [7, 11) is 4.13. The largest absolute Gasteiger partial charge is 0.382 e. The summed E-state index contributed by atoms with van der Waals surface area (Å²) in [5.41, 5.74) is 4.50. The van der Waals surface area contributed by atoms with E-state index < -0.39 is 0 Å². The Morgan fingerprint density at radius 3 is 2.48 bits per heavy atom. The maximum Gasteiger partial charge on any atom is 0.0746 e. The highest BCUT2D eigenvalue weighted by molar-refractivity contribution is 5.93. The summed E-state index contributed by atoms with van der Waals surface area (Å²) >= 11 is 0. The van der Waals surface area contributed by atoms with Gasteiger partial charge in [0.1, 0.15) is 0 Å². The monoisotopic (exact) mass is 342 g/mol. The number of hydrogen-bond acceptors (Lipinski definition) is 4. The Hall–Kier alpha value is -1.81. The van der Waals surface area contributed by atoms with Crippen molar-refractivity contribution < 1.29 is 0 Å². The number of rotatable bonds is 9. The number of hydrogen-bond donors (Lipinski definition) is 1. The molecule has 0 aliphatic heterocycles. The number of aromatic nitrogens is 1. The van der Waals surface area contributed by atoms with E-state index in [1.807, 2.05) is 0 Å². The van der Waals surface area contributed by atoms with E-state index in [1.54, 1.807) is 0 Å². The van der Waals surface area contributed by atoms with Gasteiger partial charge >= 0.3 is 0 Å². The van der Waals surface area contributed by atoms with Crippen LogP contribution in [-0.4, -0.2) is 49.7 Å². The number of aryl methyl sites for hydroxylation is 1. The summed E-state index contributed by atoms with van der Waals surface area (Å²) in [5.74, 6) is 0. The molecule has 1 heterocycles. The van der Waals surface area contributed by atoms with E-state index in [0.29, 0.717) is 6.04 Å². The van der Waals surface area contributed by atoms with Crippen LogP contribution in [0.15, 0.2) is 24.3 Å². The van der Waals surface area contributed by atoms with Crippen molar-refractivity contribution in [2.75, 3.05) is 43.9 Å². The van der Waals surface area contributed by atoms with Crippen molar-refractivity contribution >= 4 is 22.3 Å². The van der Waals surface area contributed by atoms with Crippen molar-refractivity contribution in [1.29, 1.82) is 0 Å². The second-order valence-electron chi connectivity index (χ2n) is 7.12. The van der Waals surface area contributed by atoms with Crippen LogP contribution in [0.5, 0.6) is 0 Å². The zero-order chi connectivity index (χ0) is 18.4. The Balaban J connectivity index is 2.09. The van der Waals surface area contributed by atoms with Gasteiger partial charge in [-0.1, -0.05) is 13.8 Å². The van der Waals surface area contributed by atoms with Crippen molar-refractivity contribution in [3.05, 3.63) is 30.0 Å². The van der Waals surface area contributed by atoms with Crippen LogP contribution >= 0.6 is 0 Å². The first-order chi connectivity index (χ1) is 11.9. The third-order valence-electron chi connectivity index (χ3n) is 4.85. The number of nitrogens with zero attached hydrogens (tertiary/aromatic N) is 3. The molecule has 1 N–H and O–H groups in total. The molecule has 138 valence electrons. The van der Waals surface area contributed by atoms with Crippen molar-refractivity contribution in [3.63, 3.8) is 0 Å². The highest BCUT2D eigenvalue weighted by atomic mass is 15.1. The summed E-state index contributed by atoms with van der Waals surface area (Å²) in [5, 5.41) is 4.91. The summed E-state index contributed by atoms with van der Waals surface area (Å²) in [6, 6.07) is 9.13. The van der Waals surface area contributed by atoms with Crippen LogP contribution in [-0.2, 0) is 0 Å². The molecule has 25 heavy (non-hydrogen) atoms. The van der Waals surface area contributed by atoms with E-state index in [-0.39, 0.29) is 0 Å². The van der Waals surface area contributed by atoms with E-state index >= 15 is 0 Å². The molecule has 0 saturated heterocycles. The van der Waals surface area contributed by atoms with E-state index in [0.717, 1.165) is 24.3 Å². The molecule has 0 aliphatic rings. The molecule has 0 amide bonds. The molecule has 0 bridgehead atoms. The van der Waals surface area contributed by atoms with E-state index in [4.69, 9.17) is 4.98 Å². The van der Waals surface area contributed by atoms with E-state index in [2.05, 4.69) is 81.2 Å². The SMILES string of the molecule is CCN(CC)CCCC(C)Nc1cc(C)nc2cc(N(C)C)ccc12. The lowest BCUT2D eigenvalue weighted by Gasteiger charge is -2.21. The van der Waals surface area contributed by atoms with Gasteiger partial charge < -0.3 is 15.1 Å². The number of pyridine rings is 1. The molecule has 1 aromatic carbocycles. The summed E-state index contributed by atoms with van der Waals surface area (Å²) in [6.45, 7) is 12.3. The molecule has 0 spiro atoms. The second kappa shape index (κ2) is 9.04. The van der Waals surface area contributed by atoms with Crippen LogP contribution in [0, 0.1) is 6.92 Å². The third kappa shape index (κ3) is 5.33. The van der Waals surface area contributed by atoms with E-state index in [1.165, 1.54) is 36.1 Å². The Morgan fingerprint density at radius 1 is 1.12 bits per heavy atom. The van der Waals surface area contributed by atoms with E-state index in [9.17, 15) is 0 Å². The molecule has 0 fully saturated rings. The Morgan fingerprint density at radius 2 is 1.84 bits per heavy atom. The second-order valence-corrected chi connectivity index (χ2v) is 7.12. The van der Waals surface area contributed by atoms with Gasteiger partial charge in [0.2, 0.25) is 0 Å². The Labute approximate surface area is 153 Å². The fourth-order valence-electron chi connectivity index (χ4n) is 3.25. The van der Waals surface area contributed by atoms with Gasteiger partial charge in [0.15, 0.2) is 0 Å². The van der Waals surface area contributed by atoms with Crippen LogP contribution in [0.1, 0.15) is 39.3 Å². The highest BCUT2D eigenvalue weighted by Crippen LogP contribution is 2.27. The van der Waals surface area contributed by atoms with Crippen LogP contribution in [0.25, 0.3) is 10.9 Å². The molecule has 0 saturated carbocycles. The first-order valence-corrected chi connectivity index (χ1v) is 9.52. The molecule has 4 nitrogen and oxygen atoms in total. The van der Waals surface area contributed by atoms with Gasteiger partial charge in [0.25, 0.3) is 0 Å². The minimum absolute atomic E-state index is 0.453. The number of nitrogens with one attached hydrogen (secondary N) is 1. The first kappa shape index (κ1) is 19.5. The maximum absolute atomic E-state index is 4.72. The molecule has 2 aromatic rings. The smallest absolute Gasteiger partial charge is 0.0746 e. The number of anilines is 2. The highest BCUT2D eigenvalue weighted by Gasteiger charge is 2.09. The van der Waals surface area contributed by atoms with Crippen LogP contribution in [0.4, 0.5) is 11.4 Å². The summed E-state index contributed by atoms with van der Waals surface area (Å²) in [4.78, 5) is 9.33. The van der Waals surface area contributed by atoms with Gasteiger partial charge in [-0.25, -0.2) is 0 Å². The minimum Gasteiger partial charge on any atom is -0.382 e. The molecule has 1 unspecified atom stereocenters. The van der Waals surface area contributed by atoms with Gasteiger partial charge in [-0.05, 0) is 70.6 Å². The van der Waals surface area contributed by atoms with Gasteiger partial charge in [-0.2, -0.15) is 0 Å². The Kier molecular flexibility index (Phi) is 7.06. The predicted molar refractivity (Wildman–Crippen MR) is 111 cm³/mol. The van der Waals surface area contributed by atoms with Gasteiger partial charge in [-0.3, -0.25) is 4.98 Å². The lowest BCUT2D eigenvalue weighted by Crippen LogP contribution is -2.25. The molecule has 4 heteroatoms. The minimum atomic E-state index is 0.453. The van der Waals surface area contributed by atoms with Crippen molar-refractivity contribution in [2.24, 2.45) is 0 Å². The molecular weight excluding hydrogens is 308 g/mol. The van der Waals surface area contributed by atoms with Crippen molar-refractivity contribution in [3.8, 4) is 0 Å². The summed E-state index contributed by atoms with van der Waals surface area (Å²) < 4.78 is 0. The van der Waals surface area contributed by atoms with Gasteiger partial charge in [-0.15, -0.1) is 0 Å². The lowest BCUT2D eigenvalue weighted by molar-refractivity contribution is 0.295. The first-order valence-electron chi connectivity index (χ1n) is 9.52. The van der Waals surface area contributed by atoms with Crippen LogP contribution in [0.3, 0.4) is 0 Å². The standard InChI is InChI=1S/C21H34N4/c1-7-25(8-2)13-9-10-16(3)22-20-14-17(4)23-21-15-18(24(5)6)11-12-19(20)21/h11-12,14-16H,7-10,13H2,1-6H3,(H,22,23). The fourth-order valence-corrected chi connectivity index (χ4v) is 3.25. The molecule has 0 radical (unpaired) electrons. The fraction of sp³-hybridized carbons (Fsp3) is 0.571. The van der Waals surface area contributed by atoms with Crippen molar-refractivity contribution in [1.82, 2.24) is 9.88 Å². The average Bonchev–Trinajstić information content (AvgIpc) is 2.58. The van der Waals surface area contributed by atoms with Gasteiger partial charge in [0.05, 0.1) is 5.52 Å². The number of fused-ring (bicyclic) bond motifs is 1. The molecular formula is C21H34N4. The predicted octanol–water partition coefficient (Wildman–Crippen LogP) is 4.53. The average molecular weight is 343 g/mol. The van der Waals surface area contributed by atoms with Crippen LogP contribution < -0.4 is 10.2 Å². The van der Waals surface area contributed by atoms with Crippen molar-refractivity contribution in [2.45, 2.75) is 46.6 Å². The zero-order valence-electron chi connectivity index (χ0n) is 16.8. The topological polar surface area (TPSA) is 31.4 Å².